The SMILES string of the molecule is Brc1ccc(-c2cc([C]3[CH][CH][CH][CH]3)nn2Cc2ccccc2)cc1. The van der Waals surface area contributed by atoms with Gasteiger partial charge in [-0.2, -0.15) is 5.10 Å². The van der Waals surface area contributed by atoms with Crippen molar-refractivity contribution in [1.29, 1.82) is 0 Å². The van der Waals surface area contributed by atoms with Gasteiger partial charge in [0, 0.05) is 10.4 Å². The van der Waals surface area contributed by atoms with E-state index in [4.69, 9.17) is 5.10 Å². The number of rotatable bonds is 4. The second-order valence-electron chi connectivity index (χ2n) is 5.74. The molecule has 5 radical (unpaired) electrons. The molecule has 0 atom stereocenters. The fraction of sp³-hybridized carbons (Fsp3) is 0.0476. The molecule has 1 heterocycles. The van der Waals surface area contributed by atoms with Crippen molar-refractivity contribution in [3.05, 3.63) is 108 Å². The first-order valence-electron chi connectivity index (χ1n) is 7.89. The monoisotopic (exact) mass is 375 g/mol. The Hall–Kier alpha value is -1.87. The molecule has 0 N–H and O–H groups in total. The topological polar surface area (TPSA) is 17.8 Å². The highest BCUT2D eigenvalue weighted by Crippen LogP contribution is 2.32. The minimum Gasteiger partial charge on any atom is -0.260 e. The summed E-state index contributed by atoms with van der Waals surface area (Å²) in [6.07, 6.45) is 8.29. The van der Waals surface area contributed by atoms with Gasteiger partial charge in [-0.05, 0) is 55.0 Å². The van der Waals surface area contributed by atoms with Crippen LogP contribution in [0.3, 0.4) is 0 Å². The Morgan fingerprint density at radius 2 is 1.58 bits per heavy atom. The van der Waals surface area contributed by atoms with Gasteiger partial charge >= 0.3 is 0 Å². The van der Waals surface area contributed by atoms with E-state index in [1.165, 1.54) is 11.1 Å². The normalized spacial score (nSPS) is 15.0. The summed E-state index contributed by atoms with van der Waals surface area (Å²) in [4.78, 5) is 0. The molecule has 0 unspecified atom stereocenters. The summed E-state index contributed by atoms with van der Waals surface area (Å²) in [5, 5.41) is 4.85. The zero-order chi connectivity index (χ0) is 16.4. The van der Waals surface area contributed by atoms with Crippen molar-refractivity contribution in [2.75, 3.05) is 0 Å². The van der Waals surface area contributed by atoms with Crippen molar-refractivity contribution in [3.8, 4) is 11.3 Å². The lowest BCUT2D eigenvalue weighted by atomic mass is 10.0. The van der Waals surface area contributed by atoms with E-state index in [-0.39, 0.29) is 0 Å². The summed E-state index contributed by atoms with van der Waals surface area (Å²) in [6, 6.07) is 21.0. The van der Waals surface area contributed by atoms with E-state index in [2.05, 4.69) is 88.1 Å². The molecule has 3 heteroatoms. The quantitative estimate of drug-likeness (QED) is 0.619. The lowest BCUT2D eigenvalue weighted by Gasteiger charge is -2.08. The van der Waals surface area contributed by atoms with Crippen LogP contribution in [-0.2, 0) is 6.54 Å². The summed E-state index contributed by atoms with van der Waals surface area (Å²) >= 11 is 3.50. The molecular formula is C21H16BrN2. The molecule has 2 aromatic carbocycles. The van der Waals surface area contributed by atoms with Gasteiger partial charge < -0.3 is 0 Å². The van der Waals surface area contributed by atoms with Crippen LogP contribution in [0.25, 0.3) is 11.3 Å². The van der Waals surface area contributed by atoms with Gasteiger partial charge in [0.25, 0.3) is 0 Å². The molecule has 1 aliphatic rings. The lowest BCUT2D eigenvalue weighted by Crippen LogP contribution is -2.05. The van der Waals surface area contributed by atoms with Gasteiger partial charge in [-0.3, -0.25) is 4.68 Å². The van der Waals surface area contributed by atoms with E-state index >= 15 is 0 Å². The van der Waals surface area contributed by atoms with Gasteiger partial charge in [-0.15, -0.1) is 0 Å². The molecular weight excluding hydrogens is 360 g/mol. The molecule has 2 nitrogen and oxygen atoms in total. The van der Waals surface area contributed by atoms with E-state index in [1.807, 2.05) is 18.9 Å². The fourth-order valence-corrected chi connectivity index (χ4v) is 3.10. The average molecular weight is 376 g/mol. The Morgan fingerprint density at radius 3 is 2.29 bits per heavy atom. The van der Waals surface area contributed by atoms with Gasteiger partial charge in [-0.1, -0.05) is 58.4 Å². The molecule has 0 saturated heterocycles. The number of aromatic nitrogens is 2. The Bertz CT molecular complexity index is 800. The van der Waals surface area contributed by atoms with Gasteiger partial charge in [0.1, 0.15) is 0 Å². The number of nitrogens with zero attached hydrogens (tertiary/aromatic N) is 2. The van der Waals surface area contributed by atoms with E-state index in [0.717, 1.165) is 28.3 Å². The Morgan fingerprint density at radius 1 is 0.875 bits per heavy atom. The molecule has 0 aliphatic heterocycles. The van der Waals surface area contributed by atoms with Crippen molar-refractivity contribution in [3.63, 3.8) is 0 Å². The number of benzene rings is 2. The van der Waals surface area contributed by atoms with Crippen LogP contribution in [0.2, 0.25) is 0 Å². The van der Waals surface area contributed by atoms with E-state index in [0.29, 0.717) is 0 Å². The molecule has 0 bridgehead atoms. The third kappa shape index (κ3) is 3.32. The molecule has 117 valence electrons. The van der Waals surface area contributed by atoms with E-state index in [1.54, 1.807) is 0 Å². The molecule has 0 spiro atoms. The van der Waals surface area contributed by atoms with Crippen molar-refractivity contribution < 1.29 is 0 Å². The van der Waals surface area contributed by atoms with Gasteiger partial charge in [0.05, 0.1) is 17.9 Å². The van der Waals surface area contributed by atoms with Crippen LogP contribution >= 0.6 is 15.9 Å². The largest absolute Gasteiger partial charge is 0.260 e. The van der Waals surface area contributed by atoms with Crippen LogP contribution in [0.5, 0.6) is 0 Å². The maximum atomic E-state index is 4.85. The zero-order valence-electron chi connectivity index (χ0n) is 13.1. The molecule has 1 aliphatic carbocycles. The van der Waals surface area contributed by atoms with Crippen molar-refractivity contribution in [2.45, 2.75) is 6.54 Å². The summed E-state index contributed by atoms with van der Waals surface area (Å²) in [5.41, 5.74) is 4.55. The third-order valence-electron chi connectivity index (χ3n) is 4.05. The lowest BCUT2D eigenvalue weighted by molar-refractivity contribution is 0.686. The second kappa shape index (κ2) is 6.94. The number of hydrogen-bond donors (Lipinski definition) is 0. The van der Waals surface area contributed by atoms with Crippen LogP contribution in [0.4, 0.5) is 0 Å². The number of halogens is 1. The summed E-state index contributed by atoms with van der Waals surface area (Å²) in [7, 11) is 0. The first-order chi connectivity index (χ1) is 11.8. The maximum absolute atomic E-state index is 4.85. The molecule has 1 fully saturated rings. The maximum Gasteiger partial charge on any atom is 0.0708 e. The van der Waals surface area contributed by atoms with Gasteiger partial charge in [0.2, 0.25) is 0 Å². The minimum absolute atomic E-state index is 0.757. The van der Waals surface area contributed by atoms with E-state index in [9.17, 15) is 0 Å². The minimum atomic E-state index is 0.757. The van der Waals surface area contributed by atoms with E-state index < -0.39 is 0 Å². The zero-order valence-corrected chi connectivity index (χ0v) is 14.6. The standard InChI is InChI=1S/C21H16BrN2/c22-19-12-10-18(11-13-19)21-14-20(17-8-4-5-9-17)23-24(21)15-16-6-2-1-3-7-16/h1-14H,15H2. The number of hydrogen-bond acceptors (Lipinski definition) is 1. The average Bonchev–Trinajstić information content (AvgIpc) is 3.26. The third-order valence-corrected chi connectivity index (χ3v) is 4.58. The summed E-state index contributed by atoms with van der Waals surface area (Å²) in [6.45, 7) is 0.757. The second-order valence-corrected chi connectivity index (χ2v) is 6.65. The first-order valence-corrected chi connectivity index (χ1v) is 8.69. The highest BCUT2D eigenvalue weighted by atomic mass is 79.9. The Labute approximate surface area is 151 Å². The first kappa shape index (κ1) is 15.6. The van der Waals surface area contributed by atoms with Crippen LogP contribution in [0, 0.1) is 31.6 Å². The smallest absolute Gasteiger partial charge is 0.0708 e. The predicted molar refractivity (Wildman–Crippen MR) is 100 cm³/mol. The molecule has 1 saturated carbocycles. The van der Waals surface area contributed by atoms with Crippen molar-refractivity contribution >= 4 is 15.9 Å². The fourth-order valence-electron chi connectivity index (χ4n) is 2.83. The van der Waals surface area contributed by atoms with Crippen molar-refractivity contribution in [2.24, 2.45) is 0 Å². The molecule has 1 aromatic heterocycles. The van der Waals surface area contributed by atoms with Crippen molar-refractivity contribution in [1.82, 2.24) is 9.78 Å². The highest BCUT2D eigenvalue weighted by Gasteiger charge is 2.23. The summed E-state index contributed by atoms with van der Waals surface area (Å²) < 4.78 is 3.16. The predicted octanol–water partition coefficient (Wildman–Crippen LogP) is 5.11. The molecule has 4 rings (SSSR count). The van der Waals surface area contributed by atoms with Crippen LogP contribution in [-0.4, -0.2) is 9.78 Å². The van der Waals surface area contributed by atoms with Crippen LogP contribution in [0.15, 0.2) is 65.1 Å². The van der Waals surface area contributed by atoms with Gasteiger partial charge in [0.15, 0.2) is 0 Å². The highest BCUT2D eigenvalue weighted by molar-refractivity contribution is 9.10. The van der Waals surface area contributed by atoms with Gasteiger partial charge in [-0.25, -0.2) is 0 Å². The van der Waals surface area contributed by atoms with Crippen LogP contribution in [0.1, 0.15) is 11.3 Å². The molecule has 0 amide bonds. The van der Waals surface area contributed by atoms with Crippen LogP contribution < -0.4 is 0 Å². The molecule has 3 aromatic rings. The molecule has 24 heavy (non-hydrogen) atoms. The summed E-state index contributed by atoms with van der Waals surface area (Å²) in [5.74, 6) is 1.15. The Kier molecular flexibility index (Phi) is 4.52. The Balaban J connectivity index is 1.73.